The summed E-state index contributed by atoms with van der Waals surface area (Å²) in [5.41, 5.74) is 1.34. The van der Waals surface area contributed by atoms with Crippen LogP contribution in [0, 0.1) is 29.0 Å². The summed E-state index contributed by atoms with van der Waals surface area (Å²) in [6.45, 7) is 11.5. The van der Waals surface area contributed by atoms with Crippen molar-refractivity contribution in [1.82, 2.24) is 4.98 Å². The minimum Gasteiger partial charge on any atom is -0.410 e. The van der Waals surface area contributed by atoms with E-state index in [0.717, 1.165) is 5.01 Å². The van der Waals surface area contributed by atoms with Gasteiger partial charge in [0.15, 0.2) is 8.32 Å². The number of halogens is 1. The maximum absolute atomic E-state index is 13.4. The highest BCUT2D eigenvalue weighted by Crippen LogP contribution is 2.37. The van der Waals surface area contributed by atoms with Gasteiger partial charge in [0.1, 0.15) is 16.5 Å². The molecule has 0 radical (unpaired) electrons. The number of thiazole rings is 1. The van der Waals surface area contributed by atoms with Gasteiger partial charge in [0.2, 0.25) is 0 Å². The Hall–Kier alpha value is -1.99. The van der Waals surface area contributed by atoms with Crippen molar-refractivity contribution in [2.24, 2.45) is 0 Å². The third-order valence-corrected chi connectivity index (χ3v) is 9.58. The van der Waals surface area contributed by atoms with Gasteiger partial charge in [-0.15, -0.1) is 11.3 Å². The van der Waals surface area contributed by atoms with Crippen LogP contribution in [0.15, 0.2) is 23.6 Å². The number of nitriles is 1. The second-order valence-corrected chi connectivity index (χ2v) is 13.0. The normalized spacial score (nSPS) is 11.6. The first-order valence-corrected chi connectivity index (χ1v) is 11.7. The Morgan fingerprint density at radius 1 is 1.20 bits per heavy atom. The molecule has 1 aromatic heterocycles. The van der Waals surface area contributed by atoms with E-state index in [1.807, 2.05) is 11.4 Å². The molecule has 6 heteroatoms. The lowest BCUT2D eigenvalue weighted by molar-refractivity contribution is 0.276. The summed E-state index contributed by atoms with van der Waals surface area (Å²) >= 11 is 1.50. The molecule has 1 heterocycles. The Morgan fingerprint density at radius 2 is 1.88 bits per heavy atom. The van der Waals surface area contributed by atoms with Gasteiger partial charge in [-0.2, -0.15) is 5.26 Å². The van der Waals surface area contributed by atoms with Gasteiger partial charge in [-0.1, -0.05) is 26.7 Å². The summed E-state index contributed by atoms with van der Waals surface area (Å²) in [5.74, 6) is 5.31. The van der Waals surface area contributed by atoms with Crippen LogP contribution in [-0.4, -0.2) is 13.3 Å². The van der Waals surface area contributed by atoms with Crippen molar-refractivity contribution in [3.63, 3.8) is 0 Å². The topological polar surface area (TPSA) is 45.9 Å². The third kappa shape index (κ3) is 5.24. The highest BCUT2D eigenvalue weighted by Gasteiger charge is 2.37. The van der Waals surface area contributed by atoms with Crippen molar-refractivity contribution in [2.75, 3.05) is 0 Å². The average Bonchev–Trinajstić information content (AvgIpc) is 2.97. The zero-order valence-electron chi connectivity index (χ0n) is 15.1. The molecular weight excluding hydrogens is 351 g/mol. The predicted molar refractivity (Wildman–Crippen MR) is 101 cm³/mol. The van der Waals surface area contributed by atoms with Gasteiger partial charge in [-0.25, -0.2) is 9.37 Å². The van der Waals surface area contributed by atoms with Crippen molar-refractivity contribution >= 4 is 19.7 Å². The molecule has 0 spiro atoms. The Labute approximate surface area is 153 Å². The summed E-state index contributed by atoms with van der Waals surface area (Å²) in [6.07, 6.45) is 0. The third-order valence-electron chi connectivity index (χ3n) is 4.28. The van der Waals surface area contributed by atoms with Gasteiger partial charge in [-0.3, -0.25) is 0 Å². The molecule has 130 valence electrons. The Bertz CT molecular complexity index is 866. The van der Waals surface area contributed by atoms with Crippen molar-refractivity contribution in [1.29, 1.82) is 5.26 Å². The first-order chi connectivity index (χ1) is 11.6. The molecule has 0 bridgehead atoms. The maximum Gasteiger partial charge on any atom is 0.192 e. The van der Waals surface area contributed by atoms with Crippen LogP contribution >= 0.6 is 11.3 Å². The molecule has 0 N–H and O–H groups in total. The summed E-state index contributed by atoms with van der Waals surface area (Å²) in [4.78, 5) is 4.46. The molecule has 25 heavy (non-hydrogen) atoms. The molecule has 1 aromatic carbocycles. The van der Waals surface area contributed by atoms with E-state index in [4.69, 9.17) is 9.69 Å². The number of aromatic nitrogens is 1. The minimum atomic E-state index is -1.81. The summed E-state index contributed by atoms with van der Waals surface area (Å²) in [5, 5.41) is 11.8. The van der Waals surface area contributed by atoms with Gasteiger partial charge in [-0.05, 0) is 42.3 Å². The molecule has 3 nitrogen and oxygen atoms in total. The molecule has 0 unspecified atom stereocenters. The number of hydrogen-bond donors (Lipinski definition) is 0. The quantitative estimate of drug-likeness (QED) is 0.558. The Kier molecular flexibility index (Phi) is 5.79. The summed E-state index contributed by atoms with van der Waals surface area (Å²) in [6, 6.07) is 5.97. The minimum absolute atomic E-state index is 0.155. The first kappa shape index (κ1) is 19.3. The molecule has 0 aliphatic heterocycles. The van der Waals surface area contributed by atoms with Crippen LogP contribution in [0.5, 0.6) is 0 Å². The monoisotopic (exact) mass is 372 g/mol. The zero-order valence-corrected chi connectivity index (χ0v) is 16.9. The highest BCUT2D eigenvalue weighted by atomic mass is 32.1. The molecule has 0 saturated heterocycles. The second-order valence-electron chi connectivity index (χ2n) is 7.27. The van der Waals surface area contributed by atoms with E-state index in [1.54, 1.807) is 6.07 Å². The van der Waals surface area contributed by atoms with Crippen LogP contribution < -0.4 is 0 Å². The average molecular weight is 373 g/mol. The van der Waals surface area contributed by atoms with Gasteiger partial charge >= 0.3 is 0 Å². The smallest absolute Gasteiger partial charge is 0.192 e. The molecule has 0 atom stereocenters. The van der Waals surface area contributed by atoms with Crippen LogP contribution in [0.25, 0.3) is 0 Å². The predicted octanol–water partition coefficient (Wildman–Crippen LogP) is 5.08. The SMILES string of the molecule is CC(C)(C)[Si](C)(C)OCc1nc(C#Cc2cc(F)cc(C#N)c2)cs1. The molecule has 0 saturated carbocycles. The van der Waals surface area contributed by atoms with Crippen molar-refractivity contribution < 1.29 is 8.82 Å². The number of benzene rings is 1. The lowest BCUT2D eigenvalue weighted by Crippen LogP contribution is -2.40. The first-order valence-electron chi connectivity index (χ1n) is 7.92. The van der Waals surface area contributed by atoms with Crippen LogP contribution in [0.2, 0.25) is 18.1 Å². The number of nitrogens with zero attached hydrogens (tertiary/aromatic N) is 2. The fourth-order valence-corrected chi connectivity index (χ4v) is 3.43. The van der Waals surface area contributed by atoms with E-state index in [-0.39, 0.29) is 10.6 Å². The van der Waals surface area contributed by atoms with Crippen molar-refractivity contribution in [3.8, 4) is 17.9 Å². The number of hydrogen-bond acceptors (Lipinski definition) is 4. The molecular formula is C19H21FN2OSSi. The van der Waals surface area contributed by atoms with Gasteiger partial charge in [0, 0.05) is 10.9 Å². The molecule has 0 aliphatic carbocycles. The van der Waals surface area contributed by atoms with Crippen LogP contribution in [-0.2, 0) is 11.0 Å². The summed E-state index contributed by atoms with van der Waals surface area (Å²) in [7, 11) is -1.81. The maximum atomic E-state index is 13.4. The number of rotatable bonds is 3. The van der Waals surface area contributed by atoms with Crippen molar-refractivity contribution in [3.05, 3.63) is 51.2 Å². The lowest BCUT2D eigenvalue weighted by Gasteiger charge is -2.35. The van der Waals surface area contributed by atoms with Crippen LogP contribution in [0.1, 0.15) is 42.6 Å². The Morgan fingerprint density at radius 3 is 2.52 bits per heavy atom. The van der Waals surface area contributed by atoms with Gasteiger partial charge < -0.3 is 4.43 Å². The molecule has 2 rings (SSSR count). The standard InChI is InChI=1S/C19H21FN2OSSi/c1-19(2,3)25(4,5)23-12-18-22-17(13-24-18)7-6-14-8-15(11-21)10-16(20)9-14/h8-10,13H,12H2,1-5H3. The van der Waals surface area contributed by atoms with Crippen LogP contribution in [0.4, 0.5) is 4.39 Å². The van der Waals surface area contributed by atoms with Crippen molar-refractivity contribution in [2.45, 2.75) is 45.5 Å². The van der Waals surface area contributed by atoms with E-state index < -0.39 is 14.1 Å². The lowest BCUT2D eigenvalue weighted by atomic mass is 10.1. The fraction of sp³-hybridized carbons (Fsp3) is 0.368. The Balaban J connectivity index is 2.09. The highest BCUT2D eigenvalue weighted by molar-refractivity contribution is 7.09. The largest absolute Gasteiger partial charge is 0.410 e. The van der Waals surface area contributed by atoms with E-state index >= 15 is 0 Å². The van der Waals surface area contributed by atoms with E-state index in [2.05, 4.69) is 50.7 Å². The molecule has 2 aromatic rings. The van der Waals surface area contributed by atoms with E-state index in [9.17, 15) is 4.39 Å². The molecule has 0 fully saturated rings. The molecule has 0 amide bonds. The van der Waals surface area contributed by atoms with E-state index in [0.29, 0.717) is 17.9 Å². The summed E-state index contributed by atoms with van der Waals surface area (Å²) < 4.78 is 19.6. The van der Waals surface area contributed by atoms with E-state index in [1.165, 1.54) is 23.5 Å². The fourth-order valence-electron chi connectivity index (χ4n) is 1.76. The van der Waals surface area contributed by atoms with Gasteiger partial charge in [0.25, 0.3) is 0 Å². The van der Waals surface area contributed by atoms with Gasteiger partial charge in [0.05, 0.1) is 18.2 Å². The second kappa shape index (κ2) is 7.49. The van der Waals surface area contributed by atoms with Crippen LogP contribution in [0.3, 0.4) is 0 Å². The molecule has 0 aliphatic rings. The zero-order chi connectivity index (χ0) is 18.7.